The van der Waals surface area contributed by atoms with Crippen molar-refractivity contribution in [2.45, 2.75) is 45.1 Å². The molecule has 33 heavy (non-hydrogen) atoms. The summed E-state index contributed by atoms with van der Waals surface area (Å²) in [6.07, 6.45) is 1.78. The molecule has 1 amide bonds. The van der Waals surface area contributed by atoms with Crippen molar-refractivity contribution in [1.82, 2.24) is 5.32 Å². The zero-order chi connectivity index (χ0) is 24.0. The van der Waals surface area contributed by atoms with Gasteiger partial charge in [0.05, 0.1) is 10.6 Å². The highest BCUT2D eigenvalue weighted by atomic mass is 79.9. The van der Waals surface area contributed by atoms with Crippen LogP contribution in [0.15, 0.2) is 76.1 Å². The largest absolute Gasteiger partial charge is 0.350 e. The number of nitrogens with one attached hydrogen (secondary N) is 1. The summed E-state index contributed by atoms with van der Waals surface area (Å²) < 4.78 is 28.9. The molecule has 1 N–H and O–H groups in total. The Morgan fingerprint density at radius 3 is 2.18 bits per heavy atom. The number of halogens is 1. The minimum absolute atomic E-state index is 0.146. The summed E-state index contributed by atoms with van der Waals surface area (Å²) >= 11 is 3.38. The van der Waals surface area contributed by atoms with Crippen molar-refractivity contribution in [2.75, 3.05) is 10.8 Å². The molecular weight excluding hydrogens is 500 g/mol. The standard InChI is InChI=1S/C26H29BrN2O3S/c1-4-20-8-9-21(5-2)22(16-20)17-28-26(30)18-29(24-12-10-23(27)11-13-24)33(31,32)25-14-6-19(3)7-15-25/h6-16H,4-5,17-18H2,1-3H3,(H,28,30). The number of hydrogen-bond acceptors (Lipinski definition) is 3. The van der Waals surface area contributed by atoms with Crippen molar-refractivity contribution in [2.24, 2.45) is 0 Å². The van der Waals surface area contributed by atoms with Gasteiger partial charge in [0.1, 0.15) is 6.54 Å². The monoisotopic (exact) mass is 528 g/mol. The van der Waals surface area contributed by atoms with Crippen LogP contribution in [0.2, 0.25) is 0 Å². The second-order valence-corrected chi connectivity index (χ2v) is 10.7. The van der Waals surface area contributed by atoms with Crippen LogP contribution in [0, 0.1) is 6.92 Å². The van der Waals surface area contributed by atoms with Crippen molar-refractivity contribution >= 4 is 37.5 Å². The molecule has 0 fully saturated rings. The molecule has 3 aromatic carbocycles. The minimum Gasteiger partial charge on any atom is -0.350 e. The number of rotatable bonds is 9. The predicted octanol–water partition coefficient (Wildman–Crippen LogP) is 5.39. The number of carbonyl (C=O) groups is 1. The molecule has 3 aromatic rings. The first-order valence-corrected chi connectivity index (χ1v) is 13.2. The Kier molecular flexibility index (Phi) is 8.32. The Hall–Kier alpha value is -2.64. The summed E-state index contributed by atoms with van der Waals surface area (Å²) in [5.41, 5.74) is 4.82. The molecule has 0 radical (unpaired) electrons. The van der Waals surface area contributed by atoms with Crippen molar-refractivity contribution in [3.8, 4) is 0 Å². The van der Waals surface area contributed by atoms with E-state index in [0.29, 0.717) is 12.2 Å². The van der Waals surface area contributed by atoms with Crippen molar-refractivity contribution in [3.63, 3.8) is 0 Å². The number of sulfonamides is 1. The lowest BCUT2D eigenvalue weighted by molar-refractivity contribution is -0.119. The van der Waals surface area contributed by atoms with E-state index in [4.69, 9.17) is 0 Å². The first-order valence-electron chi connectivity index (χ1n) is 11.0. The molecule has 0 spiro atoms. The zero-order valence-corrected chi connectivity index (χ0v) is 21.5. The maximum Gasteiger partial charge on any atom is 0.264 e. The molecule has 0 saturated heterocycles. The van der Waals surface area contributed by atoms with Gasteiger partial charge >= 0.3 is 0 Å². The molecule has 0 atom stereocenters. The number of nitrogens with zero attached hydrogens (tertiary/aromatic N) is 1. The van der Waals surface area contributed by atoms with Gasteiger partial charge in [-0.2, -0.15) is 0 Å². The fraction of sp³-hybridized carbons (Fsp3) is 0.269. The Labute approximate surface area is 205 Å². The molecule has 0 aliphatic carbocycles. The van der Waals surface area contributed by atoms with Crippen LogP contribution in [0.3, 0.4) is 0 Å². The predicted molar refractivity (Wildman–Crippen MR) is 137 cm³/mol. The van der Waals surface area contributed by atoms with E-state index in [1.54, 1.807) is 48.5 Å². The van der Waals surface area contributed by atoms with Crippen LogP contribution in [-0.4, -0.2) is 20.9 Å². The van der Waals surface area contributed by atoms with Gasteiger partial charge in [-0.25, -0.2) is 8.42 Å². The van der Waals surface area contributed by atoms with Crippen LogP contribution in [0.1, 0.15) is 36.1 Å². The van der Waals surface area contributed by atoms with Crippen LogP contribution >= 0.6 is 15.9 Å². The summed E-state index contributed by atoms with van der Waals surface area (Å²) in [7, 11) is -3.93. The Morgan fingerprint density at radius 2 is 1.58 bits per heavy atom. The summed E-state index contributed by atoms with van der Waals surface area (Å²) in [6.45, 7) is 6.11. The molecule has 5 nitrogen and oxygen atoms in total. The number of hydrogen-bond donors (Lipinski definition) is 1. The van der Waals surface area contributed by atoms with Crippen LogP contribution in [0.4, 0.5) is 5.69 Å². The first kappa shape index (κ1) is 25.0. The number of carbonyl (C=O) groups excluding carboxylic acids is 1. The fourth-order valence-corrected chi connectivity index (χ4v) is 5.23. The number of aryl methyl sites for hydroxylation is 3. The SMILES string of the molecule is CCc1ccc(CC)c(CNC(=O)CN(c2ccc(Br)cc2)S(=O)(=O)c2ccc(C)cc2)c1. The van der Waals surface area contributed by atoms with Gasteiger partial charge in [-0.05, 0) is 72.9 Å². The molecule has 3 rings (SSSR count). The first-order chi connectivity index (χ1) is 15.7. The molecule has 7 heteroatoms. The summed E-state index contributed by atoms with van der Waals surface area (Å²) in [4.78, 5) is 13.1. The normalized spacial score (nSPS) is 11.3. The Morgan fingerprint density at radius 1 is 0.909 bits per heavy atom. The van der Waals surface area contributed by atoms with Crippen molar-refractivity contribution in [3.05, 3.63) is 93.5 Å². The molecule has 0 saturated carbocycles. The molecule has 0 heterocycles. The van der Waals surface area contributed by atoms with Gasteiger partial charge in [0.2, 0.25) is 5.91 Å². The van der Waals surface area contributed by atoms with Crippen LogP contribution in [0.5, 0.6) is 0 Å². The van der Waals surface area contributed by atoms with Gasteiger partial charge in [-0.3, -0.25) is 9.10 Å². The zero-order valence-electron chi connectivity index (χ0n) is 19.1. The Balaban J connectivity index is 1.85. The van der Waals surface area contributed by atoms with Gasteiger partial charge in [0.25, 0.3) is 10.0 Å². The average Bonchev–Trinajstić information content (AvgIpc) is 2.81. The molecule has 0 aromatic heterocycles. The second kappa shape index (κ2) is 11.0. The molecule has 0 unspecified atom stereocenters. The molecule has 0 aliphatic rings. The highest BCUT2D eigenvalue weighted by Crippen LogP contribution is 2.25. The van der Waals surface area contributed by atoms with Gasteiger partial charge in [0, 0.05) is 11.0 Å². The summed E-state index contributed by atoms with van der Waals surface area (Å²) in [6, 6.07) is 19.8. The molecule has 0 aliphatic heterocycles. The van der Waals surface area contributed by atoms with E-state index in [9.17, 15) is 13.2 Å². The lowest BCUT2D eigenvalue weighted by Crippen LogP contribution is -2.40. The molecule has 0 bridgehead atoms. The van der Waals surface area contributed by atoms with Crippen molar-refractivity contribution < 1.29 is 13.2 Å². The number of benzene rings is 3. The van der Waals surface area contributed by atoms with Gasteiger partial charge in [0.15, 0.2) is 0 Å². The van der Waals surface area contributed by atoms with E-state index < -0.39 is 10.0 Å². The van der Waals surface area contributed by atoms with E-state index >= 15 is 0 Å². The maximum absolute atomic E-state index is 13.5. The highest BCUT2D eigenvalue weighted by Gasteiger charge is 2.27. The van der Waals surface area contributed by atoms with Crippen LogP contribution in [-0.2, 0) is 34.2 Å². The molecule has 174 valence electrons. The van der Waals surface area contributed by atoms with E-state index in [1.807, 2.05) is 6.92 Å². The highest BCUT2D eigenvalue weighted by molar-refractivity contribution is 9.10. The topological polar surface area (TPSA) is 66.5 Å². The average molecular weight is 530 g/mol. The van der Waals surface area contributed by atoms with Crippen LogP contribution < -0.4 is 9.62 Å². The molecular formula is C26H29BrN2O3S. The third kappa shape index (κ3) is 6.24. The maximum atomic E-state index is 13.5. The smallest absolute Gasteiger partial charge is 0.264 e. The minimum atomic E-state index is -3.93. The fourth-order valence-electron chi connectivity index (χ4n) is 3.55. The van der Waals surface area contributed by atoms with E-state index in [0.717, 1.165) is 32.7 Å². The number of anilines is 1. The quantitative estimate of drug-likeness (QED) is 0.404. The van der Waals surface area contributed by atoms with E-state index in [-0.39, 0.29) is 17.3 Å². The second-order valence-electron chi connectivity index (χ2n) is 7.89. The summed E-state index contributed by atoms with van der Waals surface area (Å²) in [5, 5.41) is 2.91. The van der Waals surface area contributed by atoms with Gasteiger partial charge in [-0.15, -0.1) is 0 Å². The van der Waals surface area contributed by atoms with E-state index in [1.165, 1.54) is 11.1 Å². The third-order valence-corrected chi connectivity index (χ3v) is 7.86. The van der Waals surface area contributed by atoms with Gasteiger partial charge in [-0.1, -0.05) is 65.7 Å². The Bertz CT molecular complexity index is 1210. The number of amides is 1. The lowest BCUT2D eigenvalue weighted by atomic mass is 10.0. The van der Waals surface area contributed by atoms with Crippen LogP contribution in [0.25, 0.3) is 0 Å². The van der Waals surface area contributed by atoms with E-state index in [2.05, 4.69) is 53.3 Å². The third-order valence-electron chi connectivity index (χ3n) is 5.55. The lowest BCUT2D eigenvalue weighted by Gasteiger charge is -2.24. The summed E-state index contributed by atoms with van der Waals surface area (Å²) in [5.74, 6) is -0.363. The van der Waals surface area contributed by atoms with Gasteiger partial charge < -0.3 is 5.32 Å². The van der Waals surface area contributed by atoms with Crippen molar-refractivity contribution in [1.29, 1.82) is 0 Å².